The number of ether oxygens (including phenoxy) is 2. The Balaban J connectivity index is 0.00000300. The summed E-state index contributed by atoms with van der Waals surface area (Å²) in [6.45, 7) is 29.0. The Hall–Kier alpha value is -2.44. The van der Waals surface area contributed by atoms with Gasteiger partial charge < -0.3 is 34.3 Å². The molecule has 0 radical (unpaired) electrons. The molecule has 5 saturated carbocycles. The third kappa shape index (κ3) is 7.28. The summed E-state index contributed by atoms with van der Waals surface area (Å²) in [5, 5.41) is 0. The zero-order chi connectivity index (χ0) is 39.0. The quantitative estimate of drug-likeness (QED) is 0.234. The fourth-order valence-electron chi connectivity index (χ4n) is 14.4. The molecular formula is C48H70Cl2N2O4. The third-order valence-corrected chi connectivity index (χ3v) is 17.4. The van der Waals surface area contributed by atoms with E-state index in [2.05, 4.69) is 100 Å². The predicted octanol–water partition coefficient (Wildman–Crippen LogP) is 3.32. The van der Waals surface area contributed by atoms with Crippen LogP contribution in [-0.2, 0) is 32.2 Å². The van der Waals surface area contributed by atoms with Crippen LogP contribution in [0.3, 0.4) is 0 Å². The number of fused-ring (bicyclic) bond motifs is 7. The Labute approximate surface area is 350 Å². The number of aryl methyl sites for hydroxylation is 4. The first-order chi connectivity index (χ1) is 25.3. The van der Waals surface area contributed by atoms with Crippen LogP contribution >= 0.6 is 0 Å². The average Bonchev–Trinajstić information content (AvgIpc) is 3.48. The Bertz CT molecular complexity index is 1830. The number of pyridine rings is 2. The highest BCUT2D eigenvalue weighted by atomic mass is 35.5. The highest BCUT2D eigenvalue weighted by molar-refractivity contribution is 5.68. The normalized spacial score (nSPS) is 36.6. The molecule has 7 rings (SSSR count). The number of carbonyl (C=O) groups is 2. The SMILES string of the molecule is C=C(C)[C@@H]1CC[C@]2(COC(=O)C[n+]3ccc(C)cc3C)CC[C@]3(C)[C@H](CC[C@@H]4[C@@]5(C)CC[C@H](OC(=O)C[n+]6ccc(C)cc6C)C(C)(C)[C@@H]5CC[C@]43C)[C@@H]12.[Cl-].[Cl-]. The molecule has 5 aliphatic carbocycles. The van der Waals surface area contributed by atoms with Crippen molar-refractivity contribution in [1.82, 2.24) is 0 Å². The van der Waals surface area contributed by atoms with Crippen LogP contribution in [0.5, 0.6) is 0 Å². The molecule has 0 aliphatic heterocycles. The average molecular weight is 810 g/mol. The lowest BCUT2D eigenvalue weighted by Gasteiger charge is -2.73. The van der Waals surface area contributed by atoms with Crippen molar-refractivity contribution in [3.05, 3.63) is 71.3 Å². The molecule has 8 heteroatoms. The van der Waals surface area contributed by atoms with Crippen LogP contribution in [0.2, 0.25) is 0 Å². The van der Waals surface area contributed by atoms with Crippen LogP contribution in [0.1, 0.15) is 128 Å². The van der Waals surface area contributed by atoms with E-state index in [1.54, 1.807) is 0 Å². The van der Waals surface area contributed by atoms with Crippen molar-refractivity contribution in [3.8, 4) is 0 Å². The fraction of sp³-hybridized carbons (Fsp3) is 0.708. The van der Waals surface area contributed by atoms with E-state index in [4.69, 9.17) is 9.47 Å². The molecule has 2 aromatic heterocycles. The van der Waals surface area contributed by atoms with Crippen molar-refractivity contribution in [2.75, 3.05) is 6.61 Å². The second-order valence-electron chi connectivity index (χ2n) is 20.5. The van der Waals surface area contributed by atoms with Crippen LogP contribution in [0.25, 0.3) is 0 Å². The molecule has 0 spiro atoms. The van der Waals surface area contributed by atoms with Gasteiger partial charge in [0.15, 0.2) is 23.8 Å². The monoisotopic (exact) mass is 808 g/mol. The summed E-state index contributed by atoms with van der Waals surface area (Å²) < 4.78 is 16.8. The van der Waals surface area contributed by atoms with E-state index in [1.165, 1.54) is 48.8 Å². The minimum Gasteiger partial charge on any atom is -1.00 e. The second-order valence-corrected chi connectivity index (χ2v) is 20.5. The van der Waals surface area contributed by atoms with Gasteiger partial charge in [-0.1, -0.05) is 46.8 Å². The van der Waals surface area contributed by atoms with Crippen LogP contribution < -0.4 is 33.9 Å². The van der Waals surface area contributed by atoms with Gasteiger partial charge in [0.25, 0.3) is 0 Å². The summed E-state index contributed by atoms with van der Waals surface area (Å²) in [6, 6.07) is 8.37. The van der Waals surface area contributed by atoms with Gasteiger partial charge in [0.1, 0.15) is 6.10 Å². The number of esters is 2. The number of rotatable bonds is 8. The molecule has 10 atom stereocenters. The van der Waals surface area contributed by atoms with Crippen LogP contribution in [0, 0.1) is 84.4 Å². The van der Waals surface area contributed by atoms with Crippen molar-refractivity contribution >= 4 is 11.9 Å². The molecule has 0 amide bonds. The molecule has 0 bridgehead atoms. The fourth-order valence-corrected chi connectivity index (χ4v) is 14.4. The number of hydrogen-bond donors (Lipinski definition) is 0. The molecule has 6 nitrogen and oxygen atoms in total. The van der Waals surface area contributed by atoms with E-state index in [-0.39, 0.29) is 83.0 Å². The van der Waals surface area contributed by atoms with Gasteiger partial charge in [0.2, 0.25) is 13.1 Å². The van der Waals surface area contributed by atoms with Gasteiger partial charge in [0, 0.05) is 48.9 Å². The predicted molar refractivity (Wildman–Crippen MR) is 212 cm³/mol. The van der Waals surface area contributed by atoms with Gasteiger partial charge in [-0.2, -0.15) is 9.13 Å². The number of hydrogen-bond acceptors (Lipinski definition) is 4. The topological polar surface area (TPSA) is 60.4 Å². The van der Waals surface area contributed by atoms with Crippen LogP contribution in [-0.4, -0.2) is 24.6 Å². The lowest BCUT2D eigenvalue weighted by molar-refractivity contribution is -0.692. The summed E-state index contributed by atoms with van der Waals surface area (Å²) >= 11 is 0. The standard InChI is InChI=1S/C48H70N2O4.2ClH/c1-31(2)36-14-21-48(30-53-41(51)28-49-24-17-32(3)26-34(49)5)23-22-46(10)37(43(36)48)12-13-39-45(9)19-16-40(44(7,8)38(45)15-20-47(39,46)11)54-42(52)29-50-25-18-33(4)27-35(50)6;;/h17-18,24-27,36-40,43H,1,12-16,19-23,28-30H2,2-11H3;2*1H/q+2;;/p-2/t36-,37+,38-,39+,40-,43+,45-,46+,47+,48+;;/m0../s1. The van der Waals surface area contributed by atoms with E-state index in [0.717, 1.165) is 43.5 Å². The number of nitrogens with zero attached hydrogens (tertiary/aromatic N) is 2. The van der Waals surface area contributed by atoms with E-state index < -0.39 is 0 Å². The molecule has 0 aromatic carbocycles. The maximum absolute atomic E-state index is 13.4. The van der Waals surface area contributed by atoms with Gasteiger partial charge in [-0.25, -0.2) is 9.59 Å². The number of halogens is 2. The first-order valence-electron chi connectivity index (χ1n) is 21.3. The Morgan fingerprint density at radius 3 is 1.93 bits per heavy atom. The van der Waals surface area contributed by atoms with Crippen molar-refractivity contribution in [2.45, 2.75) is 153 Å². The molecule has 0 unspecified atom stereocenters. The molecule has 2 aromatic rings. The van der Waals surface area contributed by atoms with Crippen molar-refractivity contribution in [1.29, 1.82) is 0 Å². The van der Waals surface area contributed by atoms with E-state index in [0.29, 0.717) is 36.2 Å². The third-order valence-electron chi connectivity index (χ3n) is 17.4. The van der Waals surface area contributed by atoms with Gasteiger partial charge in [0.05, 0.1) is 6.61 Å². The molecule has 56 heavy (non-hydrogen) atoms. The van der Waals surface area contributed by atoms with Gasteiger partial charge in [-0.15, -0.1) is 0 Å². The lowest BCUT2D eigenvalue weighted by atomic mass is 9.32. The Kier molecular flexibility index (Phi) is 12.7. The molecule has 5 fully saturated rings. The minimum atomic E-state index is -0.123. The van der Waals surface area contributed by atoms with Gasteiger partial charge in [-0.05, 0) is 142 Å². The minimum absolute atomic E-state index is 0. The molecule has 2 heterocycles. The van der Waals surface area contributed by atoms with E-state index >= 15 is 0 Å². The van der Waals surface area contributed by atoms with Crippen LogP contribution in [0.15, 0.2) is 48.8 Å². The van der Waals surface area contributed by atoms with Crippen molar-refractivity contribution < 1.29 is 53.0 Å². The number of carbonyl (C=O) groups excluding carboxylic acids is 2. The maximum atomic E-state index is 13.4. The zero-order valence-corrected chi connectivity index (χ0v) is 37.6. The van der Waals surface area contributed by atoms with Crippen molar-refractivity contribution in [2.24, 2.45) is 56.7 Å². The summed E-state index contributed by atoms with van der Waals surface area (Å²) in [5.41, 5.74) is 6.46. The highest BCUT2D eigenvalue weighted by Gasteiger charge is 2.71. The number of aromatic nitrogens is 2. The van der Waals surface area contributed by atoms with Crippen molar-refractivity contribution in [3.63, 3.8) is 0 Å². The smallest absolute Gasteiger partial charge is 0.372 e. The van der Waals surface area contributed by atoms with E-state index in [1.807, 2.05) is 21.5 Å². The number of allylic oxidation sites excluding steroid dienone is 1. The van der Waals surface area contributed by atoms with Gasteiger partial charge >= 0.3 is 11.9 Å². The lowest BCUT2D eigenvalue weighted by Crippen LogP contribution is -3.00. The molecule has 0 N–H and O–H groups in total. The van der Waals surface area contributed by atoms with E-state index in [9.17, 15) is 9.59 Å². The van der Waals surface area contributed by atoms with Gasteiger partial charge in [-0.3, -0.25) is 0 Å². The molecule has 5 aliphatic rings. The molecule has 310 valence electrons. The summed E-state index contributed by atoms with van der Waals surface area (Å²) in [6.07, 6.45) is 15.5. The molecule has 0 saturated heterocycles. The zero-order valence-electron chi connectivity index (χ0n) is 36.1. The largest absolute Gasteiger partial charge is 1.00 e. The first kappa shape index (κ1) is 44.7. The molecular weight excluding hydrogens is 739 g/mol. The van der Waals surface area contributed by atoms with Crippen LogP contribution in [0.4, 0.5) is 0 Å². The Morgan fingerprint density at radius 1 is 0.732 bits per heavy atom. The first-order valence-corrected chi connectivity index (χ1v) is 21.3. The maximum Gasteiger partial charge on any atom is 0.372 e. The summed E-state index contributed by atoms with van der Waals surface area (Å²) in [4.78, 5) is 26.8. The summed E-state index contributed by atoms with van der Waals surface area (Å²) in [5.74, 6) is 2.48. The Morgan fingerprint density at radius 2 is 1.34 bits per heavy atom. The summed E-state index contributed by atoms with van der Waals surface area (Å²) in [7, 11) is 0. The second kappa shape index (κ2) is 16.0. The highest BCUT2D eigenvalue weighted by Crippen LogP contribution is 2.77.